The van der Waals surface area contributed by atoms with E-state index in [0.717, 1.165) is 18.7 Å². The maximum Gasteiger partial charge on any atom is 0.673 e. The van der Waals surface area contributed by atoms with Crippen LogP contribution in [-0.4, -0.2) is 25.4 Å². The number of nitrogens with zero attached hydrogens (tertiary/aromatic N) is 3. The van der Waals surface area contributed by atoms with Crippen LogP contribution in [0.4, 0.5) is 17.3 Å². The van der Waals surface area contributed by atoms with Gasteiger partial charge in [-0.3, -0.25) is 0 Å². The summed E-state index contributed by atoms with van der Waals surface area (Å²) in [7, 11) is -7.97. The Morgan fingerprint density at radius 3 is 1.80 bits per heavy atom. The number of aromatic nitrogens is 3. The van der Waals surface area contributed by atoms with Gasteiger partial charge in [0.15, 0.2) is 8.32 Å². The molecule has 4 nitrogen and oxygen atoms in total. The van der Waals surface area contributed by atoms with Crippen LogP contribution in [-0.2, 0) is 16.4 Å². The van der Waals surface area contributed by atoms with Gasteiger partial charge >= 0.3 is 7.25 Å². The Morgan fingerprint density at radius 2 is 1.35 bits per heavy atom. The van der Waals surface area contributed by atoms with Crippen molar-refractivity contribution in [2.75, 3.05) is 0 Å². The van der Waals surface area contributed by atoms with E-state index in [0.29, 0.717) is 0 Å². The first-order valence-corrected chi connectivity index (χ1v) is 16.9. The Hall–Kier alpha value is -3.24. The molecule has 4 aromatic rings. The first-order chi connectivity index (χ1) is 18.7. The summed E-state index contributed by atoms with van der Waals surface area (Å²) in [5, 5.41) is 5.10. The van der Waals surface area contributed by atoms with Crippen molar-refractivity contribution < 1.29 is 26.3 Å². The van der Waals surface area contributed by atoms with Gasteiger partial charge in [0, 0.05) is 11.5 Å². The molecule has 0 radical (unpaired) electrons. The quantitative estimate of drug-likeness (QED) is 0.136. The van der Waals surface area contributed by atoms with Crippen molar-refractivity contribution in [3.05, 3.63) is 113 Å². The highest BCUT2D eigenvalue weighted by Crippen LogP contribution is 2.46. The van der Waals surface area contributed by atoms with Gasteiger partial charge in [-0.1, -0.05) is 83.0 Å². The number of rotatable bonds is 6. The maximum atomic E-state index is 9.75. The summed E-state index contributed by atoms with van der Waals surface area (Å²) in [5.74, 6) is 1.12. The number of benzene rings is 3. The lowest BCUT2D eigenvalue weighted by atomic mass is 9.79. The molecule has 0 bridgehead atoms. The van der Waals surface area contributed by atoms with Crippen LogP contribution < -0.4 is 4.57 Å². The van der Waals surface area contributed by atoms with Crippen molar-refractivity contribution in [1.82, 2.24) is 9.78 Å². The minimum atomic E-state index is -6.00. The molecule has 0 saturated carbocycles. The second kappa shape index (κ2) is 11.3. The fourth-order valence-electron chi connectivity index (χ4n) is 5.86. The molecule has 0 amide bonds. The Balaban J connectivity index is 0.000000681. The predicted molar refractivity (Wildman–Crippen MR) is 154 cm³/mol. The lowest BCUT2D eigenvalue weighted by Gasteiger charge is -2.43. The zero-order valence-corrected chi connectivity index (χ0v) is 24.8. The van der Waals surface area contributed by atoms with Crippen molar-refractivity contribution in [2.24, 2.45) is 0 Å². The van der Waals surface area contributed by atoms with Gasteiger partial charge in [0.05, 0.1) is 0 Å². The smallest absolute Gasteiger partial charge is 0.418 e. The second-order valence-corrected chi connectivity index (χ2v) is 15.8. The molecule has 1 aliphatic heterocycles. The Bertz CT molecular complexity index is 1390. The van der Waals surface area contributed by atoms with E-state index in [1.807, 2.05) is 0 Å². The number of hydrogen-bond acceptors (Lipinski definition) is 2. The molecule has 1 aromatic heterocycles. The van der Waals surface area contributed by atoms with E-state index in [4.69, 9.17) is 9.52 Å². The van der Waals surface area contributed by atoms with Gasteiger partial charge in [-0.2, -0.15) is 0 Å². The largest absolute Gasteiger partial charge is 0.673 e. The molecule has 0 N–H and O–H groups in total. The molecule has 1 atom stereocenters. The van der Waals surface area contributed by atoms with Gasteiger partial charge in [-0.15, -0.1) is 0 Å². The van der Waals surface area contributed by atoms with Crippen molar-refractivity contribution in [2.45, 2.75) is 64.9 Å². The molecular weight excluding hydrogens is 533 g/mol. The number of halogens is 4. The molecule has 0 fully saturated rings. The van der Waals surface area contributed by atoms with Crippen LogP contribution in [0.1, 0.15) is 46.1 Å². The molecule has 0 saturated heterocycles. The first-order valence-electron chi connectivity index (χ1n) is 13.5. The molecule has 0 aliphatic carbocycles. The van der Waals surface area contributed by atoms with Crippen molar-refractivity contribution >= 4 is 15.6 Å². The normalized spacial score (nSPS) is 15.4. The van der Waals surface area contributed by atoms with E-state index >= 15 is 0 Å². The topological polar surface area (TPSA) is 30.9 Å². The van der Waals surface area contributed by atoms with Crippen LogP contribution in [0.3, 0.4) is 0 Å². The highest BCUT2D eigenvalue weighted by molar-refractivity contribution is 6.69. The summed E-state index contributed by atoms with van der Waals surface area (Å²) in [6.07, 6.45) is 4.12. The lowest BCUT2D eigenvalue weighted by molar-refractivity contribution is -0.730. The highest BCUT2D eigenvalue weighted by atomic mass is 28.4. The number of aryl methyl sites for hydroxylation is 4. The second-order valence-electron chi connectivity index (χ2n) is 11.4. The summed E-state index contributed by atoms with van der Waals surface area (Å²) in [6, 6.07) is 26.2. The molecule has 212 valence electrons. The third kappa shape index (κ3) is 6.55. The van der Waals surface area contributed by atoms with Gasteiger partial charge in [0.1, 0.15) is 17.3 Å². The van der Waals surface area contributed by atoms with Gasteiger partial charge in [0.2, 0.25) is 6.33 Å². The zero-order chi connectivity index (χ0) is 29.3. The molecule has 0 spiro atoms. The van der Waals surface area contributed by atoms with Crippen molar-refractivity contribution in [1.29, 1.82) is 0 Å². The van der Waals surface area contributed by atoms with Gasteiger partial charge < -0.3 is 21.7 Å². The molecule has 5 rings (SSSR count). The molecule has 0 unspecified atom stereocenters. The molecule has 3 aromatic carbocycles. The standard InChI is InChI=1S/C30H36N3OSi.BF4/c1-22-19-23(2)29(24(3)20-22)33-21-32-27(17-18-28(32)31-33)30(34-35(4,5)6,25-13-9-7-10-14-25)26-15-11-8-12-16-26;2-1(3,4)5/h7-16,19-21,27H,17-18H2,1-6H3;/q+1;-1/t27-;/m0./s1. The van der Waals surface area contributed by atoms with Crippen molar-refractivity contribution in [3.63, 3.8) is 0 Å². The lowest BCUT2D eigenvalue weighted by Crippen LogP contribution is -2.54. The van der Waals surface area contributed by atoms with Gasteiger partial charge in [-0.25, -0.2) is 4.57 Å². The molecule has 40 heavy (non-hydrogen) atoms. The average molecular weight is 570 g/mol. The van der Waals surface area contributed by atoms with E-state index in [1.165, 1.54) is 33.5 Å². The third-order valence-corrected chi connectivity index (χ3v) is 7.87. The van der Waals surface area contributed by atoms with E-state index in [2.05, 4.69) is 129 Å². The fourth-order valence-corrected chi connectivity index (χ4v) is 7.20. The van der Waals surface area contributed by atoms with E-state index in [9.17, 15) is 17.3 Å². The highest BCUT2D eigenvalue weighted by Gasteiger charge is 2.52. The Morgan fingerprint density at radius 1 is 0.875 bits per heavy atom. The van der Waals surface area contributed by atoms with Crippen LogP contribution in [0.5, 0.6) is 0 Å². The van der Waals surface area contributed by atoms with Crippen LogP contribution in [0.25, 0.3) is 5.69 Å². The van der Waals surface area contributed by atoms with E-state index in [1.54, 1.807) is 0 Å². The zero-order valence-electron chi connectivity index (χ0n) is 23.8. The van der Waals surface area contributed by atoms with Crippen LogP contribution in [0.15, 0.2) is 79.1 Å². The number of fused-ring (bicyclic) bond motifs is 1. The van der Waals surface area contributed by atoms with Crippen LogP contribution in [0, 0.1) is 20.8 Å². The Kier molecular flexibility index (Phi) is 8.42. The molecular formula is C30H36BF4N3OSi. The summed E-state index contributed by atoms with van der Waals surface area (Å²) >= 11 is 0. The summed E-state index contributed by atoms with van der Waals surface area (Å²) in [4.78, 5) is 0. The maximum absolute atomic E-state index is 9.75. The monoisotopic (exact) mass is 569 g/mol. The minimum absolute atomic E-state index is 0.105. The SMILES string of the molecule is Cc1cc(C)c(-n2c[n+]3c(n2)CC[C@H]3C(O[Si](C)(C)C)(c2ccccc2)c2ccccc2)c(C)c1.F[B-](F)(F)F. The van der Waals surface area contributed by atoms with Crippen LogP contribution >= 0.6 is 0 Å². The Labute approximate surface area is 234 Å². The predicted octanol–water partition coefficient (Wildman–Crippen LogP) is 7.67. The van der Waals surface area contributed by atoms with Gasteiger partial charge in [0.25, 0.3) is 5.82 Å². The molecule has 1 aliphatic rings. The number of hydrogen-bond donors (Lipinski definition) is 0. The van der Waals surface area contributed by atoms with Crippen LogP contribution in [0.2, 0.25) is 19.6 Å². The average Bonchev–Trinajstić information content (AvgIpc) is 3.43. The van der Waals surface area contributed by atoms with Gasteiger partial charge in [-0.05, 0) is 69.1 Å². The molecule has 2 heterocycles. The fraction of sp³-hybridized carbons (Fsp3) is 0.333. The minimum Gasteiger partial charge on any atom is -0.418 e. The summed E-state index contributed by atoms with van der Waals surface area (Å²) in [5.41, 5.74) is 6.77. The van der Waals surface area contributed by atoms with E-state index < -0.39 is 21.2 Å². The van der Waals surface area contributed by atoms with E-state index in [-0.39, 0.29) is 6.04 Å². The summed E-state index contributed by atoms with van der Waals surface area (Å²) in [6.45, 7) is 13.4. The summed E-state index contributed by atoms with van der Waals surface area (Å²) < 4.78 is 50.8. The molecule has 10 heteroatoms. The third-order valence-electron chi connectivity index (χ3n) is 6.94. The first kappa shape index (κ1) is 29.7. The van der Waals surface area contributed by atoms with Crippen molar-refractivity contribution in [3.8, 4) is 5.69 Å².